The summed E-state index contributed by atoms with van der Waals surface area (Å²) < 4.78 is 10.6. The Morgan fingerprint density at radius 1 is 1.11 bits per heavy atom. The molecule has 0 aliphatic carbocycles. The quantitative estimate of drug-likeness (QED) is 0.689. The van der Waals surface area contributed by atoms with Crippen LogP contribution in [-0.4, -0.2) is 25.2 Å². The zero-order chi connectivity index (χ0) is 19.4. The Morgan fingerprint density at radius 2 is 1.89 bits per heavy atom. The molecule has 140 valence electrons. The van der Waals surface area contributed by atoms with Crippen molar-refractivity contribution < 1.29 is 14.3 Å². The highest BCUT2D eigenvalue weighted by Crippen LogP contribution is 2.31. The number of ether oxygens (including phenoxy) is 2. The fourth-order valence-corrected chi connectivity index (χ4v) is 3.27. The minimum Gasteiger partial charge on any atom is -0.497 e. The van der Waals surface area contributed by atoms with E-state index in [2.05, 4.69) is 16.0 Å². The number of hydrogen-bond acceptors (Lipinski definition) is 4. The van der Waals surface area contributed by atoms with E-state index in [0.717, 1.165) is 5.56 Å². The molecule has 1 heterocycles. The number of anilines is 1. The number of benzene rings is 2. The Labute approximate surface area is 163 Å². The first-order valence-electron chi connectivity index (χ1n) is 8.40. The molecule has 6 nitrogen and oxygen atoms in total. The minimum atomic E-state index is -0.399. The van der Waals surface area contributed by atoms with Crippen LogP contribution in [0.2, 0.25) is 0 Å². The van der Waals surface area contributed by atoms with Crippen LogP contribution in [0, 0.1) is 0 Å². The van der Waals surface area contributed by atoms with Gasteiger partial charge in [0.05, 0.1) is 31.5 Å². The molecule has 27 heavy (non-hydrogen) atoms. The number of allylic oxidation sites excluding steroid dienone is 1. The number of hydrogen-bond donors (Lipinski definition) is 3. The molecule has 1 atom stereocenters. The highest BCUT2D eigenvalue weighted by Gasteiger charge is 2.30. The average molecular weight is 383 g/mol. The van der Waals surface area contributed by atoms with Crippen molar-refractivity contribution in [3.05, 3.63) is 65.4 Å². The van der Waals surface area contributed by atoms with Crippen molar-refractivity contribution >= 4 is 28.9 Å². The summed E-state index contributed by atoms with van der Waals surface area (Å²) in [5.74, 6) is 1.06. The molecular weight excluding hydrogens is 362 g/mol. The molecule has 1 aliphatic heterocycles. The van der Waals surface area contributed by atoms with E-state index in [1.54, 1.807) is 26.4 Å². The molecule has 7 heteroatoms. The van der Waals surface area contributed by atoms with E-state index < -0.39 is 6.04 Å². The normalized spacial score (nSPS) is 16.3. The molecule has 0 fully saturated rings. The molecule has 2 aromatic carbocycles. The molecule has 0 aromatic heterocycles. The number of para-hydroxylation sites is 2. The molecular formula is C20H21N3O3S. The van der Waals surface area contributed by atoms with Crippen molar-refractivity contribution in [1.82, 2.24) is 10.6 Å². The zero-order valence-electron chi connectivity index (χ0n) is 15.3. The third kappa shape index (κ3) is 4.03. The molecule has 0 saturated heterocycles. The third-order valence-electron chi connectivity index (χ3n) is 4.30. The van der Waals surface area contributed by atoms with E-state index in [-0.39, 0.29) is 5.91 Å². The second-order valence-corrected chi connectivity index (χ2v) is 6.41. The molecule has 3 N–H and O–H groups in total. The molecule has 0 saturated carbocycles. The topological polar surface area (TPSA) is 71.6 Å². The highest BCUT2D eigenvalue weighted by molar-refractivity contribution is 7.80. The van der Waals surface area contributed by atoms with Crippen molar-refractivity contribution in [3.8, 4) is 11.5 Å². The number of carbonyl (C=O) groups excluding carboxylic acids is 1. The van der Waals surface area contributed by atoms with Crippen molar-refractivity contribution in [2.45, 2.75) is 13.0 Å². The average Bonchev–Trinajstić information content (AvgIpc) is 2.67. The number of rotatable bonds is 5. The number of amides is 1. The van der Waals surface area contributed by atoms with E-state index in [4.69, 9.17) is 21.7 Å². The maximum atomic E-state index is 13.1. The highest BCUT2D eigenvalue weighted by atomic mass is 32.1. The Hall–Kier alpha value is -3.06. The largest absolute Gasteiger partial charge is 0.497 e. The first-order valence-corrected chi connectivity index (χ1v) is 8.81. The Balaban J connectivity index is 1.97. The van der Waals surface area contributed by atoms with Gasteiger partial charge in [-0.2, -0.15) is 0 Å². The van der Waals surface area contributed by atoms with Gasteiger partial charge in [0.25, 0.3) is 5.91 Å². The van der Waals surface area contributed by atoms with Crippen LogP contribution in [0.15, 0.2) is 59.8 Å². The predicted octanol–water partition coefficient (Wildman–Crippen LogP) is 3.14. The summed E-state index contributed by atoms with van der Waals surface area (Å²) in [5.41, 5.74) is 2.72. The monoisotopic (exact) mass is 383 g/mol. The fourth-order valence-electron chi connectivity index (χ4n) is 3.00. The molecule has 2 aromatic rings. The van der Waals surface area contributed by atoms with E-state index in [1.807, 2.05) is 43.3 Å². The summed E-state index contributed by atoms with van der Waals surface area (Å²) in [6.07, 6.45) is 0. The van der Waals surface area contributed by atoms with Crippen molar-refractivity contribution in [2.75, 3.05) is 19.5 Å². The van der Waals surface area contributed by atoms with Crippen LogP contribution in [0.1, 0.15) is 18.5 Å². The Bertz CT molecular complexity index is 911. The molecule has 0 spiro atoms. The summed E-state index contributed by atoms with van der Waals surface area (Å²) in [6.45, 7) is 1.83. The first-order chi connectivity index (χ1) is 13.0. The van der Waals surface area contributed by atoms with Crippen LogP contribution < -0.4 is 25.4 Å². The molecule has 0 bridgehead atoms. The lowest BCUT2D eigenvalue weighted by molar-refractivity contribution is -0.113. The van der Waals surface area contributed by atoms with Crippen LogP contribution in [-0.2, 0) is 4.79 Å². The second kappa shape index (κ2) is 8.09. The van der Waals surface area contributed by atoms with E-state index in [0.29, 0.717) is 33.6 Å². The van der Waals surface area contributed by atoms with Crippen molar-refractivity contribution in [2.24, 2.45) is 0 Å². The maximum absolute atomic E-state index is 13.1. The molecule has 0 unspecified atom stereocenters. The van der Waals surface area contributed by atoms with Gasteiger partial charge in [-0.15, -0.1) is 0 Å². The Morgan fingerprint density at radius 3 is 2.63 bits per heavy atom. The fraction of sp³-hybridized carbons (Fsp3) is 0.200. The summed E-state index contributed by atoms with van der Waals surface area (Å²) in [6, 6.07) is 14.4. The third-order valence-corrected chi connectivity index (χ3v) is 4.52. The standard InChI is InChI=1S/C20H21N3O3S/c1-12-17(19(24)22-15-9-4-5-10-16(15)26-3)18(23-20(27)21-12)13-7-6-8-14(11-13)25-2/h4-11,18H,1-3H3,(H,22,24)(H2,21,23,27)/t18-/m1/s1. The second-order valence-electron chi connectivity index (χ2n) is 6.00. The van der Waals surface area contributed by atoms with Crippen molar-refractivity contribution in [3.63, 3.8) is 0 Å². The van der Waals surface area contributed by atoms with Gasteiger partial charge in [0.15, 0.2) is 5.11 Å². The van der Waals surface area contributed by atoms with Gasteiger partial charge in [-0.25, -0.2) is 0 Å². The van der Waals surface area contributed by atoms with Crippen LogP contribution in [0.25, 0.3) is 0 Å². The smallest absolute Gasteiger partial charge is 0.255 e. The predicted molar refractivity (Wildman–Crippen MR) is 109 cm³/mol. The van der Waals surface area contributed by atoms with Gasteiger partial charge in [-0.05, 0) is 49.0 Å². The molecule has 1 amide bonds. The van der Waals surface area contributed by atoms with Gasteiger partial charge in [-0.1, -0.05) is 24.3 Å². The minimum absolute atomic E-state index is 0.243. The van der Waals surface area contributed by atoms with Gasteiger partial charge in [0.1, 0.15) is 11.5 Å². The van der Waals surface area contributed by atoms with Gasteiger partial charge in [0.2, 0.25) is 0 Å². The van der Waals surface area contributed by atoms with Crippen molar-refractivity contribution in [1.29, 1.82) is 0 Å². The number of thiocarbonyl (C=S) groups is 1. The summed E-state index contributed by atoms with van der Waals surface area (Å²) in [4.78, 5) is 13.1. The number of nitrogens with one attached hydrogen (secondary N) is 3. The SMILES string of the molecule is COc1cccc([C@H]2NC(=S)NC(C)=C2C(=O)Nc2ccccc2OC)c1. The molecule has 0 radical (unpaired) electrons. The van der Waals surface area contributed by atoms with E-state index >= 15 is 0 Å². The van der Waals surface area contributed by atoms with Gasteiger partial charge in [0, 0.05) is 5.70 Å². The molecule has 1 aliphatic rings. The summed E-state index contributed by atoms with van der Waals surface area (Å²) in [7, 11) is 3.17. The lowest BCUT2D eigenvalue weighted by Crippen LogP contribution is -2.45. The van der Waals surface area contributed by atoms with Gasteiger partial charge < -0.3 is 25.4 Å². The number of methoxy groups -OCH3 is 2. The maximum Gasteiger partial charge on any atom is 0.255 e. The molecule has 3 rings (SSSR count). The van der Waals surface area contributed by atoms with Crippen LogP contribution in [0.4, 0.5) is 5.69 Å². The van der Waals surface area contributed by atoms with E-state index in [9.17, 15) is 4.79 Å². The van der Waals surface area contributed by atoms with Gasteiger partial charge in [-0.3, -0.25) is 4.79 Å². The summed E-state index contributed by atoms with van der Waals surface area (Å²) >= 11 is 5.29. The zero-order valence-corrected chi connectivity index (χ0v) is 16.1. The summed E-state index contributed by atoms with van der Waals surface area (Å²) in [5, 5.41) is 9.60. The van der Waals surface area contributed by atoms with Crippen LogP contribution in [0.5, 0.6) is 11.5 Å². The Kier molecular flexibility index (Phi) is 5.61. The van der Waals surface area contributed by atoms with E-state index in [1.165, 1.54) is 0 Å². The lowest BCUT2D eigenvalue weighted by Gasteiger charge is -2.30. The number of carbonyl (C=O) groups is 1. The lowest BCUT2D eigenvalue weighted by atomic mass is 9.94. The van der Waals surface area contributed by atoms with Crippen LogP contribution in [0.3, 0.4) is 0 Å². The first kappa shape index (κ1) is 18.7. The van der Waals surface area contributed by atoms with Gasteiger partial charge >= 0.3 is 0 Å². The van der Waals surface area contributed by atoms with Crippen LogP contribution >= 0.6 is 12.2 Å².